The molecule has 0 radical (unpaired) electrons. The fourth-order valence-corrected chi connectivity index (χ4v) is 0. The molecule has 0 unspecified atom stereocenters. The van der Waals surface area contributed by atoms with E-state index in [0.29, 0.717) is 5.41 Å². The van der Waals surface area contributed by atoms with Crippen LogP contribution in [0.3, 0.4) is 0 Å². The highest BCUT2D eigenvalue weighted by atomic mass is 14.1. The molecule has 0 heterocycles. The van der Waals surface area contributed by atoms with E-state index >= 15 is 0 Å². The number of hydrogen-bond donors (Lipinski definition) is 0. The van der Waals surface area contributed by atoms with Crippen molar-refractivity contribution in [3.8, 4) is 0 Å². The lowest BCUT2D eigenvalue weighted by molar-refractivity contribution is 0.398. The summed E-state index contributed by atoms with van der Waals surface area (Å²) in [6, 6.07) is 0. The van der Waals surface area contributed by atoms with Crippen LogP contribution in [-0.2, 0) is 0 Å². The average Bonchev–Trinajstić information content (AvgIpc) is 2.06. The van der Waals surface area contributed by atoms with Crippen molar-refractivity contribution in [3.63, 3.8) is 0 Å². The van der Waals surface area contributed by atoms with Crippen molar-refractivity contribution < 1.29 is 0 Å². The van der Waals surface area contributed by atoms with E-state index in [4.69, 9.17) is 0 Å². The van der Waals surface area contributed by atoms with Gasteiger partial charge in [-0.15, -0.1) is 0 Å². The molecule has 138 valence electrons. The highest BCUT2D eigenvalue weighted by Gasteiger charge is 2.03. The molecular weight excluding hydrogens is 240 g/mol. The minimum atomic E-state index is 0. The second kappa shape index (κ2) is 42.8. The Kier molecular flexibility index (Phi) is 128. The molecule has 0 aromatic rings. The summed E-state index contributed by atoms with van der Waals surface area (Å²) in [6.07, 6.45) is 3.83. The minimum Gasteiger partial charge on any atom is -0.0776 e. The molecule has 0 bridgehead atoms. The van der Waals surface area contributed by atoms with Crippen LogP contribution in [0.25, 0.3) is 0 Å². The molecule has 0 amide bonds. The molecule has 0 heteroatoms. The molecule has 0 aromatic carbocycles. The summed E-state index contributed by atoms with van der Waals surface area (Å²) in [6.45, 7) is 19.8. The van der Waals surface area contributed by atoms with Crippen LogP contribution in [0.15, 0.2) is 0 Å². The van der Waals surface area contributed by atoms with Crippen LogP contribution >= 0.6 is 0 Å². The lowest BCUT2D eigenvalue weighted by atomic mass is 9.94. The third kappa shape index (κ3) is 208. The fraction of sp³-hybridized carbons (Fsp3) is 1.00. The second-order valence-corrected chi connectivity index (χ2v) is 5.42. The summed E-state index contributed by atoms with van der Waals surface area (Å²) in [5.74, 6) is 0.884. The van der Waals surface area contributed by atoms with E-state index in [1.807, 2.05) is 0 Å². The third-order valence-electron chi connectivity index (χ3n) is 1.88. The Morgan fingerprint density at radius 3 is 0.750 bits per heavy atom. The third-order valence-corrected chi connectivity index (χ3v) is 1.88. The molecule has 0 aliphatic carbocycles. The van der Waals surface area contributed by atoms with Crippen molar-refractivity contribution in [1.82, 2.24) is 0 Å². The van der Waals surface area contributed by atoms with Gasteiger partial charge in [-0.1, -0.05) is 126 Å². The Labute approximate surface area is 138 Å². The van der Waals surface area contributed by atoms with Crippen LogP contribution in [0.4, 0.5) is 0 Å². The molecule has 0 atom stereocenters. The van der Waals surface area contributed by atoms with Crippen LogP contribution in [0.2, 0.25) is 0 Å². The molecule has 0 N–H and O–H groups in total. The van der Waals surface area contributed by atoms with Crippen LogP contribution < -0.4 is 0 Å². The Morgan fingerprint density at radius 2 is 0.750 bits per heavy atom. The predicted molar refractivity (Wildman–Crippen MR) is 111 cm³/mol. The van der Waals surface area contributed by atoms with Gasteiger partial charge in [-0.25, -0.2) is 0 Å². The van der Waals surface area contributed by atoms with Gasteiger partial charge in [-0.05, 0) is 11.3 Å². The quantitative estimate of drug-likeness (QED) is 0.452. The number of rotatable bonds is 1. The standard InChI is InChI=1S/C6H14.C5H12.C3H8.6CH4/c1-5-6(2,3)4;1-4-5(2)3;1-3-2;;;;;;/h5H2,1-4H3;5H,4H2,1-3H3;3H2,1-2H3;6*1H4. The number of hydrogen-bond acceptors (Lipinski definition) is 0. The van der Waals surface area contributed by atoms with Gasteiger partial charge in [0.1, 0.15) is 0 Å². The molecule has 0 aliphatic heterocycles. The zero-order chi connectivity index (χ0) is 12.2. The van der Waals surface area contributed by atoms with Crippen molar-refractivity contribution in [2.45, 2.75) is 126 Å². The van der Waals surface area contributed by atoms with Gasteiger partial charge in [-0.2, -0.15) is 0 Å². The summed E-state index contributed by atoms with van der Waals surface area (Å²) < 4.78 is 0. The first kappa shape index (κ1) is 59.7. The fourth-order valence-electron chi connectivity index (χ4n) is 0. The van der Waals surface area contributed by atoms with E-state index < -0.39 is 0 Å². The molecule has 0 saturated carbocycles. The molecule has 0 saturated heterocycles. The normalized spacial score (nSPS) is 6.90. The van der Waals surface area contributed by atoms with Gasteiger partial charge in [0, 0.05) is 0 Å². The van der Waals surface area contributed by atoms with Crippen molar-refractivity contribution in [2.24, 2.45) is 11.3 Å². The summed E-state index contributed by atoms with van der Waals surface area (Å²) in [5, 5.41) is 0. The predicted octanol–water partition coefficient (Wildman–Crippen LogP) is 9.73. The Morgan fingerprint density at radius 1 is 0.650 bits per heavy atom. The first-order valence-electron chi connectivity index (χ1n) is 6.24. The summed E-state index contributed by atoms with van der Waals surface area (Å²) >= 11 is 0. The van der Waals surface area contributed by atoms with Crippen molar-refractivity contribution >= 4 is 0 Å². The van der Waals surface area contributed by atoms with Crippen LogP contribution in [0, 0.1) is 11.3 Å². The Hall–Kier alpha value is 0. The lowest BCUT2D eigenvalue weighted by Gasteiger charge is -2.12. The Bertz CT molecular complexity index is 74.5. The summed E-state index contributed by atoms with van der Waals surface area (Å²) in [5.41, 5.74) is 0.542. The molecular formula is C20H58. The highest BCUT2D eigenvalue weighted by molar-refractivity contribution is 4.55. The maximum atomic E-state index is 2.24. The van der Waals surface area contributed by atoms with E-state index in [2.05, 4.69) is 62.3 Å². The Balaban J connectivity index is -0.0000000117. The molecule has 0 fully saturated rings. The zero-order valence-corrected chi connectivity index (χ0v) is 12.2. The van der Waals surface area contributed by atoms with Gasteiger partial charge in [-0.3, -0.25) is 0 Å². The van der Waals surface area contributed by atoms with Gasteiger partial charge < -0.3 is 0 Å². The van der Waals surface area contributed by atoms with E-state index in [1.165, 1.54) is 19.3 Å². The first-order valence-corrected chi connectivity index (χ1v) is 6.24. The van der Waals surface area contributed by atoms with Crippen LogP contribution in [-0.4, -0.2) is 0 Å². The van der Waals surface area contributed by atoms with Gasteiger partial charge in [0.2, 0.25) is 0 Å². The van der Waals surface area contributed by atoms with Crippen LogP contribution in [0.5, 0.6) is 0 Å². The molecule has 0 aromatic heterocycles. The van der Waals surface area contributed by atoms with Gasteiger partial charge in [0.15, 0.2) is 0 Å². The largest absolute Gasteiger partial charge is 0.0776 e. The van der Waals surface area contributed by atoms with Crippen LogP contribution in [0.1, 0.15) is 126 Å². The van der Waals surface area contributed by atoms with E-state index in [0.717, 1.165) is 5.92 Å². The zero-order valence-electron chi connectivity index (χ0n) is 12.2. The average molecular weight is 299 g/mol. The van der Waals surface area contributed by atoms with Gasteiger partial charge >= 0.3 is 0 Å². The van der Waals surface area contributed by atoms with Crippen molar-refractivity contribution in [2.75, 3.05) is 0 Å². The highest BCUT2D eigenvalue weighted by Crippen LogP contribution is 2.16. The van der Waals surface area contributed by atoms with Crippen molar-refractivity contribution in [3.05, 3.63) is 0 Å². The molecule has 0 rings (SSSR count). The van der Waals surface area contributed by atoms with Gasteiger partial charge in [0.05, 0.1) is 0 Å². The topological polar surface area (TPSA) is 0 Å². The SMILES string of the molecule is C.C.C.C.C.C.CCC.CCC(C)(C)C.CCC(C)C. The minimum absolute atomic E-state index is 0. The van der Waals surface area contributed by atoms with E-state index in [1.54, 1.807) is 0 Å². The first-order chi connectivity index (χ1) is 6.24. The van der Waals surface area contributed by atoms with E-state index in [9.17, 15) is 0 Å². The molecule has 20 heavy (non-hydrogen) atoms. The lowest BCUT2D eigenvalue weighted by Crippen LogP contribution is -2.00. The molecule has 0 spiro atoms. The molecule has 0 nitrogen and oxygen atoms in total. The smallest absolute Gasteiger partial charge is 0.0385 e. The van der Waals surface area contributed by atoms with Gasteiger partial charge in [0.25, 0.3) is 0 Å². The second-order valence-electron chi connectivity index (χ2n) is 5.42. The summed E-state index contributed by atoms with van der Waals surface area (Å²) in [4.78, 5) is 0. The maximum absolute atomic E-state index is 2.24. The monoisotopic (exact) mass is 298 g/mol. The summed E-state index contributed by atoms with van der Waals surface area (Å²) in [7, 11) is 0. The molecule has 0 aliphatic rings. The van der Waals surface area contributed by atoms with Crippen molar-refractivity contribution in [1.29, 1.82) is 0 Å². The maximum Gasteiger partial charge on any atom is -0.0385 e. The van der Waals surface area contributed by atoms with E-state index in [-0.39, 0.29) is 44.6 Å².